The topological polar surface area (TPSA) is 93.6 Å². The minimum Gasteiger partial charge on any atom is -0.492 e. The molecule has 1 aliphatic carbocycles. The Hall–Kier alpha value is -3.59. The van der Waals surface area contributed by atoms with E-state index in [0.29, 0.717) is 30.4 Å². The highest BCUT2D eigenvalue weighted by Gasteiger charge is 2.23. The van der Waals surface area contributed by atoms with E-state index in [1.54, 1.807) is 25.6 Å². The lowest BCUT2D eigenvalue weighted by Crippen LogP contribution is -2.28. The molecule has 0 saturated heterocycles. The van der Waals surface area contributed by atoms with Crippen LogP contribution in [0.15, 0.2) is 36.7 Å². The van der Waals surface area contributed by atoms with Gasteiger partial charge in [0.2, 0.25) is 5.88 Å². The molecule has 35 heavy (non-hydrogen) atoms. The van der Waals surface area contributed by atoms with Crippen LogP contribution in [0.25, 0.3) is 11.5 Å². The van der Waals surface area contributed by atoms with Crippen molar-refractivity contribution in [1.29, 1.82) is 0 Å². The van der Waals surface area contributed by atoms with E-state index in [9.17, 15) is 4.79 Å². The number of hydrogen-bond acceptors (Lipinski definition) is 9. The van der Waals surface area contributed by atoms with E-state index in [1.807, 2.05) is 44.2 Å². The van der Waals surface area contributed by atoms with Crippen LogP contribution in [-0.2, 0) is 24.1 Å². The van der Waals surface area contributed by atoms with E-state index in [4.69, 9.17) is 19.4 Å². The molecule has 0 fully saturated rings. The number of aromatic nitrogens is 4. The van der Waals surface area contributed by atoms with E-state index < -0.39 is 0 Å². The normalized spacial score (nSPS) is 12.5. The Morgan fingerprint density at radius 3 is 2.69 bits per heavy atom. The number of nitrogens with zero attached hydrogens (tertiary/aromatic N) is 6. The van der Waals surface area contributed by atoms with Crippen LogP contribution in [0.3, 0.4) is 0 Å². The zero-order chi connectivity index (χ0) is 24.8. The number of methoxy groups -OCH3 is 1. The van der Waals surface area contributed by atoms with Crippen LogP contribution in [0.2, 0.25) is 0 Å². The summed E-state index contributed by atoms with van der Waals surface area (Å²) in [5, 5.41) is 0. The number of ether oxygens (including phenoxy) is 2. The fraction of sp³-hybridized carbons (Fsp3) is 0.423. The molecule has 184 valence electrons. The molecule has 9 nitrogen and oxygen atoms in total. The number of fused-ring (bicyclic) bond motifs is 1. The predicted octanol–water partition coefficient (Wildman–Crippen LogP) is 2.62. The second kappa shape index (κ2) is 11.2. The van der Waals surface area contributed by atoms with Gasteiger partial charge in [-0.1, -0.05) is 6.07 Å². The van der Waals surface area contributed by atoms with E-state index in [0.717, 1.165) is 54.2 Å². The molecule has 9 heteroatoms. The van der Waals surface area contributed by atoms with Crippen LogP contribution < -0.4 is 14.4 Å². The van der Waals surface area contributed by atoms with Crippen molar-refractivity contribution in [2.45, 2.75) is 25.7 Å². The maximum Gasteiger partial charge on any atom is 0.212 e. The number of carbonyl (C=O) groups excluding carboxylic acids is 1. The van der Waals surface area contributed by atoms with Gasteiger partial charge in [0.25, 0.3) is 0 Å². The largest absolute Gasteiger partial charge is 0.492 e. The molecular weight excluding hydrogens is 444 g/mol. The van der Waals surface area contributed by atoms with Gasteiger partial charge in [-0.25, -0.2) is 15.0 Å². The third-order valence-corrected chi connectivity index (χ3v) is 5.86. The number of aryl methyl sites for hydroxylation is 1. The van der Waals surface area contributed by atoms with Gasteiger partial charge in [0.1, 0.15) is 23.9 Å². The van der Waals surface area contributed by atoms with E-state index in [2.05, 4.69) is 14.9 Å². The first kappa shape index (κ1) is 24.5. The molecular formula is C26H32N6O3. The molecule has 0 saturated carbocycles. The number of rotatable bonds is 11. The van der Waals surface area contributed by atoms with Crippen molar-refractivity contribution in [2.24, 2.45) is 0 Å². The standard InChI is InChI=1S/C26H32N6O3/c1-31(2)12-13-35-20-10-11-27-23(15-20)25-29-22-7-5-6-21(22)26(30-25)32(3)17-19(33)14-18-8-9-24(34-4)28-16-18/h8-11,15-16H,5-7,12-14,17H2,1-4H3. The van der Waals surface area contributed by atoms with Crippen LogP contribution in [0.1, 0.15) is 23.2 Å². The summed E-state index contributed by atoms with van der Waals surface area (Å²) in [6, 6.07) is 7.34. The summed E-state index contributed by atoms with van der Waals surface area (Å²) in [4.78, 5) is 35.2. The molecule has 3 aromatic heterocycles. The summed E-state index contributed by atoms with van der Waals surface area (Å²) in [5.41, 5.74) is 3.67. The number of carbonyl (C=O) groups is 1. The Morgan fingerprint density at radius 1 is 1.09 bits per heavy atom. The lowest BCUT2D eigenvalue weighted by molar-refractivity contribution is -0.117. The summed E-state index contributed by atoms with van der Waals surface area (Å²) in [7, 11) is 7.50. The maximum absolute atomic E-state index is 12.8. The Morgan fingerprint density at radius 2 is 1.94 bits per heavy atom. The smallest absolute Gasteiger partial charge is 0.212 e. The van der Waals surface area contributed by atoms with Crippen molar-refractivity contribution in [3.63, 3.8) is 0 Å². The Balaban J connectivity index is 1.51. The minimum absolute atomic E-state index is 0.0841. The number of likely N-dealkylation sites (N-methyl/N-ethyl adjacent to an activating group) is 2. The first-order valence-corrected chi connectivity index (χ1v) is 11.8. The fourth-order valence-electron chi connectivity index (χ4n) is 4.07. The predicted molar refractivity (Wildman–Crippen MR) is 134 cm³/mol. The summed E-state index contributed by atoms with van der Waals surface area (Å²) < 4.78 is 11.0. The minimum atomic E-state index is 0.0841. The Bertz CT molecular complexity index is 1170. The third-order valence-electron chi connectivity index (χ3n) is 5.86. The fourth-order valence-corrected chi connectivity index (χ4v) is 4.07. The molecule has 4 rings (SSSR count). The first-order chi connectivity index (χ1) is 16.9. The average molecular weight is 477 g/mol. The van der Waals surface area contributed by atoms with Crippen molar-refractivity contribution < 1.29 is 14.3 Å². The van der Waals surface area contributed by atoms with Gasteiger partial charge in [0.05, 0.1) is 13.7 Å². The van der Waals surface area contributed by atoms with E-state index >= 15 is 0 Å². The maximum atomic E-state index is 12.8. The van der Waals surface area contributed by atoms with Gasteiger partial charge in [-0.2, -0.15) is 0 Å². The highest BCUT2D eigenvalue weighted by molar-refractivity contribution is 5.85. The van der Waals surface area contributed by atoms with Crippen LogP contribution in [0.5, 0.6) is 11.6 Å². The SMILES string of the molecule is COc1ccc(CC(=O)CN(C)c2nc(-c3cc(OCCN(C)C)ccn3)nc3c2CCC3)cn1. The lowest BCUT2D eigenvalue weighted by Gasteiger charge is -2.21. The summed E-state index contributed by atoms with van der Waals surface area (Å²) in [6.45, 7) is 1.65. The molecule has 0 radical (unpaired) electrons. The number of Topliss-reactive ketones (excluding diaryl/α,β-unsaturated/α-hetero) is 1. The van der Waals surface area contributed by atoms with Crippen molar-refractivity contribution in [1.82, 2.24) is 24.8 Å². The lowest BCUT2D eigenvalue weighted by atomic mass is 10.1. The first-order valence-electron chi connectivity index (χ1n) is 11.8. The van der Waals surface area contributed by atoms with Crippen LogP contribution in [0, 0.1) is 0 Å². The zero-order valence-corrected chi connectivity index (χ0v) is 20.8. The molecule has 0 amide bonds. The van der Waals surface area contributed by atoms with Crippen molar-refractivity contribution in [3.05, 3.63) is 53.5 Å². The molecule has 0 aromatic carbocycles. The van der Waals surface area contributed by atoms with Gasteiger partial charge in [-0.15, -0.1) is 0 Å². The molecule has 0 bridgehead atoms. The van der Waals surface area contributed by atoms with Crippen molar-refractivity contribution in [2.75, 3.05) is 52.8 Å². The van der Waals surface area contributed by atoms with Gasteiger partial charge >= 0.3 is 0 Å². The van der Waals surface area contributed by atoms with Gasteiger partial charge in [-0.3, -0.25) is 9.78 Å². The van der Waals surface area contributed by atoms with Gasteiger partial charge in [0.15, 0.2) is 11.6 Å². The van der Waals surface area contributed by atoms with Crippen molar-refractivity contribution in [3.8, 4) is 23.1 Å². The summed E-state index contributed by atoms with van der Waals surface area (Å²) >= 11 is 0. The van der Waals surface area contributed by atoms with Crippen molar-refractivity contribution >= 4 is 11.6 Å². The summed E-state index contributed by atoms with van der Waals surface area (Å²) in [5.74, 6) is 2.70. The van der Waals surface area contributed by atoms with Crippen LogP contribution in [0.4, 0.5) is 5.82 Å². The van der Waals surface area contributed by atoms with Gasteiger partial charge in [-0.05, 0) is 45.0 Å². The second-order valence-electron chi connectivity index (χ2n) is 8.96. The Kier molecular flexibility index (Phi) is 7.87. The molecule has 3 heterocycles. The highest BCUT2D eigenvalue weighted by atomic mass is 16.5. The molecule has 0 unspecified atom stereocenters. The quantitative estimate of drug-likeness (QED) is 0.414. The molecule has 1 aliphatic rings. The van der Waals surface area contributed by atoms with Gasteiger partial charge in [0, 0.05) is 55.8 Å². The van der Waals surface area contributed by atoms with Crippen LogP contribution in [-0.4, -0.2) is 78.6 Å². The second-order valence-corrected chi connectivity index (χ2v) is 8.96. The number of anilines is 1. The average Bonchev–Trinajstić information content (AvgIpc) is 3.32. The molecule has 3 aromatic rings. The zero-order valence-electron chi connectivity index (χ0n) is 20.8. The van der Waals surface area contributed by atoms with E-state index in [1.165, 1.54) is 0 Å². The van der Waals surface area contributed by atoms with Crippen LogP contribution >= 0.6 is 0 Å². The highest BCUT2D eigenvalue weighted by Crippen LogP contribution is 2.31. The summed E-state index contributed by atoms with van der Waals surface area (Å²) in [6.07, 6.45) is 6.53. The number of ketones is 1. The number of pyridine rings is 2. The monoisotopic (exact) mass is 476 g/mol. The molecule has 0 N–H and O–H groups in total. The van der Waals surface area contributed by atoms with E-state index in [-0.39, 0.29) is 12.3 Å². The molecule has 0 aliphatic heterocycles. The van der Waals surface area contributed by atoms with Gasteiger partial charge < -0.3 is 19.3 Å². The number of hydrogen-bond donors (Lipinski definition) is 0. The third kappa shape index (κ3) is 6.30. The molecule has 0 atom stereocenters. The molecule has 0 spiro atoms. The Labute approximate surface area is 206 Å².